The van der Waals surface area contributed by atoms with Crippen LogP contribution in [0.25, 0.3) is 0 Å². The quantitative estimate of drug-likeness (QED) is 0.781. The topological polar surface area (TPSA) is 86.2 Å². The van der Waals surface area contributed by atoms with Crippen molar-refractivity contribution in [3.05, 3.63) is 17.8 Å². The first-order valence-electron chi connectivity index (χ1n) is 5.09. The van der Waals surface area contributed by atoms with E-state index in [1.807, 2.05) is 18.0 Å². The summed E-state index contributed by atoms with van der Waals surface area (Å²) in [5, 5.41) is 17.9. The average Bonchev–Trinajstić information content (AvgIpc) is 2.25. The highest BCUT2D eigenvalue weighted by atomic mass is 16.3. The standard InChI is InChI=1S/C11H16N4O/c1-8(16)3-4-15(2)11-10(13)5-9(6-12)7-14-11/h5,7-8,16H,3-4,13H2,1-2H3. The van der Waals surface area contributed by atoms with Gasteiger partial charge in [0.25, 0.3) is 0 Å². The van der Waals surface area contributed by atoms with Crippen LogP contribution in [0.4, 0.5) is 11.5 Å². The fourth-order valence-corrected chi connectivity index (χ4v) is 1.34. The van der Waals surface area contributed by atoms with Crippen molar-refractivity contribution in [1.82, 2.24) is 4.98 Å². The molecule has 1 heterocycles. The number of aliphatic hydroxyl groups excluding tert-OH is 1. The summed E-state index contributed by atoms with van der Waals surface area (Å²) in [5.74, 6) is 0.639. The smallest absolute Gasteiger partial charge is 0.151 e. The Morgan fingerprint density at radius 2 is 2.38 bits per heavy atom. The molecule has 1 aromatic heterocycles. The molecule has 0 fully saturated rings. The molecule has 0 amide bonds. The van der Waals surface area contributed by atoms with Crippen LogP contribution in [0.1, 0.15) is 18.9 Å². The van der Waals surface area contributed by atoms with Gasteiger partial charge in [-0.05, 0) is 19.4 Å². The van der Waals surface area contributed by atoms with Crippen LogP contribution in [0.15, 0.2) is 12.3 Å². The van der Waals surface area contributed by atoms with Crippen molar-refractivity contribution in [2.75, 3.05) is 24.2 Å². The summed E-state index contributed by atoms with van der Waals surface area (Å²) in [4.78, 5) is 5.99. The minimum absolute atomic E-state index is 0.345. The van der Waals surface area contributed by atoms with Crippen LogP contribution < -0.4 is 10.6 Å². The van der Waals surface area contributed by atoms with Gasteiger partial charge in [0.15, 0.2) is 5.82 Å². The van der Waals surface area contributed by atoms with Gasteiger partial charge < -0.3 is 15.7 Å². The largest absolute Gasteiger partial charge is 0.396 e. The van der Waals surface area contributed by atoms with Crippen molar-refractivity contribution >= 4 is 11.5 Å². The highest BCUT2D eigenvalue weighted by molar-refractivity contribution is 5.64. The van der Waals surface area contributed by atoms with E-state index in [4.69, 9.17) is 11.0 Å². The fourth-order valence-electron chi connectivity index (χ4n) is 1.34. The molecule has 0 aliphatic heterocycles. The minimum Gasteiger partial charge on any atom is -0.396 e. The number of nitrogen functional groups attached to an aromatic ring is 1. The zero-order valence-electron chi connectivity index (χ0n) is 9.51. The van der Waals surface area contributed by atoms with Crippen LogP contribution in [0.3, 0.4) is 0 Å². The molecule has 3 N–H and O–H groups in total. The lowest BCUT2D eigenvalue weighted by Crippen LogP contribution is -2.23. The first-order chi connectivity index (χ1) is 7.54. The molecule has 0 aliphatic carbocycles. The summed E-state index contributed by atoms with van der Waals surface area (Å²) in [6, 6.07) is 3.58. The summed E-state index contributed by atoms with van der Waals surface area (Å²) < 4.78 is 0. The Balaban J connectivity index is 2.76. The van der Waals surface area contributed by atoms with Gasteiger partial charge in [0.2, 0.25) is 0 Å². The summed E-state index contributed by atoms with van der Waals surface area (Å²) in [6.45, 7) is 2.41. The second kappa shape index (κ2) is 5.33. The number of nitrogens with two attached hydrogens (primary N) is 1. The van der Waals surface area contributed by atoms with Crippen LogP contribution in [0.2, 0.25) is 0 Å². The second-order valence-corrected chi connectivity index (χ2v) is 3.81. The van der Waals surface area contributed by atoms with Crippen LogP contribution >= 0.6 is 0 Å². The van der Waals surface area contributed by atoms with Crippen molar-refractivity contribution in [2.24, 2.45) is 0 Å². The van der Waals surface area contributed by atoms with Crippen LogP contribution in [-0.2, 0) is 0 Å². The predicted molar refractivity (Wildman–Crippen MR) is 62.9 cm³/mol. The van der Waals surface area contributed by atoms with Crippen molar-refractivity contribution in [2.45, 2.75) is 19.4 Å². The maximum atomic E-state index is 9.18. The summed E-state index contributed by atoms with van der Waals surface area (Å²) in [7, 11) is 1.85. The molecule has 0 saturated heterocycles. The summed E-state index contributed by atoms with van der Waals surface area (Å²) in [6.07, 6.45) is 1.80. The molecule has 5 heteroatoms. The van der Waals surface area contributed by atoms with Gasteiger partial charge in [-0.3, -0.25) is 0 Å². The number of rotatable bonds is 4. The van der Waals surface area contributed by atoms with Crippen molar-refractivity contribution in [1.29, 1.82) is 5.26 Å². The van der Waals surface area contributed by atoms with E-state index in [2.05, 4.69) is 4.98 Å². The Morgan fingerprint density at radius 1 is 1.69 bits per heavy atom. The van der Waals surface area contributed by atoms with E-state index < -0.39 is 0 Å². The van der Waals surface area contributed by atoms with E-state index in [-0.39, 0.29) is 6.10 Å². The van der Waals surface area contributed by atoms with Crippen LogP contribution in [0, 0.1) is 11.3 Å². The number of hydrogen-bond acceptors (Lipinski definition) is 5. The Kier molecular flexibility index (Phi) is 4.09. The maximum Gasteiger partial charge on any atom is 0.151 e. The minimum atomic E-state index is -0.345. The Bertz CT molecular complexity index is 397. The van der Waals surface area contributed by atoms with E-state index in [9.17, 15) is 5.11 Å². The molecule has 5 nitrogen and oxygen atoms in total. The molecule has 1 aromatic rings. The van der Waals surface area contributed by atoms with E-state index in [0.717, 1.165) is 0 Å². The predicted octanol–water partition coefficient (Wildman–Crippen LogP) is 0.743. The van der Waals surface area contributed by atoms with Crippen LogP contribution in [-0.4, -0.2) is 29.8 Å². The second-order valence-electron chi connectivity index (χ2n) is 3.81. The van der Waals surface area contributed by atoms with Gasteiger partial charge in [0.1, 0.15) is 6.07 Å². The zero-order chi connectivity index (χ0) is 12.1. The highest BCUT2D eigenvalue weighted by Gasteiger charge is 2.08. The third kappa shape index (κ3) is 3.11. The SMILES string of the molecule is CC(O)CCN(C)c1ncc(C#N)cc1N. The molecule has 0 radical (unpaired) electrons. The van der Waals surface area contributed by atoms with Crippen molar-refractivity contribution in [3.63, 3.8) is 0 Å². The number of pyridine rings is 1. The Labute approximate surface area is 95.1 Å². The van der Waals surface area contributed by atoms with Gasteiger partial charge in [0, 0.05) is 19.8 Å². The third-order valence-electron chi connectivity index (χ3n) is 2.27. The van der Waals surface area contributed by atoms with Gasteiger partial charge in [-0.2, -0.15) is 5.26 Å². The Morgan fingerprint density at radius 3 is 2.88 bits per heavy atom. The lowest BCUT2D eigenvalue weighted by atomic mass is 10.2. The average molecular weight is 220 g/mol. The molecular formula is C11H16N4O. The number of aliphatic hydroxyl groups is 1. The third-order valence-corrected chi connectivity index (χ3v) is 2.27. The van der Waals surface area contributed by atoms with Gasteiger partial charge in [-0.1, -0.05) is 0 Å². The number of hydrogen-bond donors (Lipinski definition) is 2. The first-order valence-corrected chi connectivity index (χ1v) is 5.09. The maximum absolute atomic E-state index is 9.18. The van der Waals surface area contributed by atoms with E-state index >= 15 is 0 Å². The molecule has 0 aromatic carbocycles. The number of aromatic nitrogens is 1. The summed E-state index contributed by atoms with van der Waals surface area (Å²) in [5.41, 5.74) is 6.71. The van der Waals surface area contributed by atoms with Gasteiger partial charge >= 0.3 is 0 Å². The molecule has 0 bridgehead atoms. The molecular weight excluding hydrogens is 204 g/mol. The number of anilines is 2. The molecule has 0 spiro atoms. The van der Waals surface area contributed by atoms with Gasteiger partial charge in [-0.25, -0.2) is 4.98 Å². The summed E-state index contributed by atoms with van der Waals surface area (Å²) >= 11 is 0. The van der Waals surface area contributed by atoms with Crippen molar-refractivity contribution in [3.8, 4) is 6.07 Å². The monoisotopic (exact) mass is 220 g/mol. The highest BCUT2D eigenvalue weighted by Crippen LogP contribution is 2.19. The fraction of sp³-hybridized carbons (Fsp3) is 0.455. The van der Waals surface area contributed by atoms with E-state index in [0.29, 0.717) is 30.0 Å². The van der Waals surface area contributed by atoms with Crippen LogP contribution in [0.5, 0.6) is 0 Å². The number of nitrogens with zero attached hydrogens (tertiary/aromatic N) is 3. The molecule has 1 unspecified atom stereocenters. The molecule has 86 valence electrons. The first kappa shape index (κ1) is 12.3. The van der Waals surface area contributed by atoms with Gasteiger partial charge in [0.05, 0.1) is 17.4 Å². The van der Waals surface area contributed by atoms with E-state index in [1.54, 1.807) is 13.0 Å². The zero-order valence-corrected chi connectivity index (χ0v) is 9.51. The molecule has 1 atom stereocenters. The molecule has 0 aliphatic rings. The molecule has 16 heavy (non-hydrogen) atoms. The lowest BCUT2D eigenvalue weighted by molar-refractivity contribution is 0.187. The lowest BCUT2D eigenvalue weighted by Gasteiger charge is -2.20. The normalized spacial score (nSPS) is 11.9. The molecule has 1 rings (SSSR count). The number of nitriles is 1. The van der Waals surface area contributed by atoms with E-state index in [1.165, 1.54) is 6.20 Å². The molecule has 0 saturated carbocycles. The van der Waals surface area contributed by atoms with Gasteiger partial charge in [-0.15, -0.1) is 0 Å². The van der Waals surface area contributed by atoms with Crippen molar-refractivity contribution < 1.29 is 5.11 Å². The Hall–Kier alpha value is -1.80.